The number of aliphatic hydroxyl groups excluding tert-OH is 1. The summed E-state index contributed by atoms with van der Waals surface area (Å²) in [5, 5.41) is 15.0. The van der Waals surface area contributed by atoms with E-state index in [2.05, 4.69) is 10.6 Å². The molecule has 0 bridgehead atoms. The summed E-state index contributed by atoms with van der Waals surface area (Å²) >= 11 is 7.54. The molecule has 1 aromatic carbocycles. The van der Waals surface area contributed by atoms with E-state index in [1.807, 2.05) is 6.26 Å². The van der Waals surface area contributed by atoms with E-state index in [4.69, 9.17) is 11.6 Å². The Bertz CT molecular complexity index is 673. The summed E-state index contributed by atoms with van der Waals surface area (Å²) in [5.74, 6) is -0.0268. The Labute approximate surface area is 161 Å². The van der Waals surface area contributed by atoms with Gasteiger partial charge in [0.2, 0.25) is 5.91 Å². The van der Waals surface area contributed by atoms with E-state index in [9.17, 15) is 19.5 Å². The number of aliphatic hydroxyl groups is 1. The second-order valence-electron chi connectivity index (χ2n) is 5.99. The van der Waals surface area contributed by atoms with Gasteiger partial charge in [0.25, 0.3) is 5.91 Å². The van der Waals surface area contributed by atoms with E-state index in [-0.39, 0.29) is 31.5 Å². The number of carbonyl (C=O) groups excluding carboxylic acids is 3. The first-order valence-electron chi connectivity index (χ1n) is 8.20. The normalized spacial score (nSPS) is 18.0. The molecule has 1 aromatic rings. The van der Waals surface area contributed by atoms with Gasteiger partial charge in [0.05, 0.1) is 25.6 Å². The number of hydrogen-bond donors (Lipinski definition) is 3. The second-order valence-corrected chi connectivity index (χ2v) is 7.41. The van der Waals surface area contributed by atoms with Gasteiger partial charge in [-0.2, -0.15) is 11.8 Å². The molecule has 0 saturated carbocycles. The highest BCUT2D eigenvalue weighted by atomic mass is 35.5. The van der Waals surface area contributed by atoms with Crippen LogP contribution < -0.4 is 10.6 Å². The Morgan fingerprint density at radius 3 is 2.88 bits per heavy atom. The van der Waals surface area contributed by atoms with Gasteiger partial charge in [0, 0.05) is 5.02 Å². The predicted octanol–water partition coefficient (Wildman–Crippen LogP) is 1.38. The van der Waals surface area contributed by atoms with Crippen LogP contribution in [-0.4, -0.2) is 58.6 Å². The lowest BCUT2D eigenvalue weighted by Crippen LogP contribution is -2.42. The summed E-state index contributed by atoms with van der Waals surface area (Å²) in [7, 11) is 0. The van der Waals surface area contributed by atoms with Crippen molar-refractivity contribution in [3.05, 3.63) is 34.9 Å². The summed E-state index contributed by atoms with van der Waals surface area (Å²) in [4.78, 5) is 37.7. The van der Waals surface area contributed by atoms with E-state index in [1.165, 1.54) is 0 Å². The van der Waals surface area contributed by atoms with Crippen molar-refractivity contribution < 1.29 is 19.5 Å². The van der Waals surface area contributed by atoms with Gasteiger partial charge >= 0.3 is 6.03 Å². The molecule has 0 aliphatic carbocycles. The molecule has 0 unspecified atom stereocenters. The van der Waals surface area contributed by atoms with E-state index >= 15 is 0 Å². The zero-order valence-corrected chi connectivity index (χ0v) is 16.0. The molecule has 142 valence electrons. The third kappa shape index (κ3) is 5.62. The topological polar surface area (TPSA) is 98.7 Å². The summed E-state index contributed by atoms with van der Waals surface area (Å²) in [6, 6.07) is 5.10. The fourth-order valence-electron chi connectivity index (χ4n) is 2.62. The average molecular weight is 400 g/mol. The van der Waals surface area contributed by atoms with Crippen LogP contribution in [0.1, 0.15) is 18.4 Å². The van der Waals surface area contributed by atoms with Crippen LogP contribution in [-0.2, 0) is 16.1 Å². The smallest absolute Gasteiger partial charge is 0.325 e. The number of imide groups is 1. The highest BCUT2D eigenvalue weighted by Gasteiger charge is 2.39. The molecule has 1 heterocycles. The maximum Gasteiger partial charge on any atom is 0.325 e. The number of thioether (sulfide) groups is 1. The summed E-state index contributed by atoms with van der Waals surface area (Å²) in [6.45, 7) is -0.0749. The number of benzene rings is 1. The first-order chi connectivity index (χ1) is 12.4. The van der Waals surface area contributed by atoms with Gasteiger partial charge < -0.3 is 15.7 Å². The van der Waals surface area contributed by atoms with Crippen molar-refractivity contribution in [1.29, 1.82) is 0 Å². The number of amides is 4. The van der Waals surface area contributed by atoms with Gasteiger partial charge in [-0.3, -0.25) is 14.5 Å². The van der Waals surface area contributed by atoms with Gasteiger partial charge in [0.1, 0.15) is 6.04 Å². The van der Waals surface area contributed by atoms with Crippen molar-refractivity contribution in [2.45, 2.75) is 31.5 Å². The van der Waals surface area contributed by atoms with Crippen LogP contribution in [0.2, 0.25) is 5.02 Å². The van der Waals surface area contributed by atoms with Crippen molar-refractivity contribution in [3.8, 4) is 0 Å². The number of nitrogens with one attached hydrogen (secondary N) is 2. The van der Waals surface area contributed by atoms with Gasteiger partial charge in [0.15, 0.2) is 0 Å². The second kappa shape index (κ2) is 9.80. The van der Waals surface area contributed by atoms with Gasteiger partial charge in [-0.1, -0.05) is 23.7 Å². The molecule has 26 heavy (non-hydrogen) atoms. The quantitative estimate of drug-likeness (QED) is 0.545. The summed E-state index contributed by atoms with van der Waals surface area (Å²) < 4.78 is 0. The predicted molar refractivity (Wildman–Crippen MR) is 101 cm³/mol. The zero-order valence-electron chi connectivity index (χ0n) is 14.4. The Morgan fingerprint density at radius 2 is 2.23 bits per heavy atom. The number of halogens is 1. The molecule has 1 fully saturated rings. The van der Waals surface area contributed by atoms with E-state index in [0.717, 1.165) is 16.2 Å². The lowest BCUT2D eigenvalue weighted by atomic mass is 10.1. The Hall–Kier alpha value is -1.77. The third-order valence-corrected chi connectivity index (χ3v) is 4.86. The molecule has 7 nitrogen and oxygen atoms in total. The van der Waals surface area contributed by atoms with E-state index < -0.39 is 18.0 Å². The Morgan fingerprint density at radius 1 is 1.46 bits per heavy atom. The lowest BCUT2D eigenvalue weighted by molar-refractivity contribution is -0.131. The molecule has 2 rings (SSSR count). The molecule has 1 aliphatic rings. The van der Waals surface area contributed by atoms with Crippen LogP contribution in [0.5, 0.6) is 0 Å². The maximum atomic E-state index is 12.4. The van der Waals surface area contributed by atoms with Crippen LogP contribution in [0.25, 0.3) is 0 Å². The van der Waals surface area contributed by atoms with Crippen LogP contribution in [0.15, 0.2) is 24.3 Å². The molecule has 2 atom stereocenters. The Kier molecular flexibility index (Phi) is 7.74. The van der Waals surface area contributed by atoms with Crippen molar-refractivity contribution in [2.75, 3.05) is 18.6 Å². The van der Waals surface area contributed by atoms with Gasteiger partial charge in [-0.15, -0.1) is 0 Å². The first kappa shape index (κ1) is 20.5. The largest absolute Gasteiger partial charge is 0.394 e. The molecule has 1 aliphatic heterocycles. The van der Waals surface area contributed by atoms with E-state index in [1.54, 1.807) is 36.0 Å². The standard InChI is InChI=1S/C17H22ClN3O4S/c1-26-6-5-13(10-22)19-15(23)8-14-16(24)21(17(25)20-14)9-11-3-2-4-12(18)7-11/h2-4,7,13-14,22H,5-6,8-10H2,1H3,(H,19,23)(H,20,25)/t13-,14-/m0/s1. The summed E-state index contributed by atoms with van der Waals surface area (Å²) in [5.41, 5.74) is 0.725. The fourth-order valence-corrected chi connectivity index (χ4v) is 3.36. The minimum Gasteiger partial charge on any atom is -0.394 e. The molecule has 0 spiro atoms. The minimum atomic E-state index is -0.901. The van der Waals surface area contributed by atoms with Crippen molar-refractivity contribution in [2.24, 2.45) is 0 Å². The molecule has 0 aromatic heterocycles. The number of nitrogens with zero attached hydrogens (tertiary/aromatic N) is 1. The highest BCUT2D eigenvalue weighted by molar-refractivity contribution is 7.98. The lowest BCUT2D eigenvalue weighted by Gasteiger charge is -2.17. The average Bonchev–Trinajstić information content (AvgIpc) is 2.86. The monoisotopic (exact) mass is 399 g/mol. The fraction of sp³-hybridized carbons (Fsp3) is 0.471. The first-order valence-corrected chi connectivity index (χ1v) is 9.97. The zero-order chi connectivity index (χ0) is 19.1. The van der Waals surface area contributed by atoms with Crippen molar-refractivity contribution >= 4 is 41.2 Å². The molecule has 3 N–H and O–H groups in total. The molecule has 0 radical (unpaired) electrons. The Balaban J connectivity index is 1.92. The van der Waals surface area contributed by atoms with Crippen LogP contribution in [0, 0.1) is 0 Å². The minimum absolute atomic E-state index is 0.0936. The van der Waals surface area contributed by atoms with E-state index in [0.29, 0.717) is 11.4 Å². The number of hydrogen-bond acceptors (Lipinski definition) is 5. The number of carbonyl (C=O) groups is 3. The number of urea groups is 1. The van der Waals surface area contributed by atoms with Crippen LogP contribution >= 0.6 is 23.4 Å². The number of rotatable bonds is 9. The molecule has 1 saturated heterocycles. The van der Waals surface area contributed by atoms with Crippen molar-refractivity contribution in [1.82, 2.24) is 15.5 Å². The van der Waals surface area contributed by atoms with Gasteiger partial charge in [-0.25, -0.2) is 4.79 Å². The molecular formula is C17H22ClN3O4S. The highest BCUT2D eigenvalue weighted by Crippen LogP contribution is 2.17. The molecule has 4 amide bonds. The van der Waals surface area contributed by atoms with Crippen LogP contribution in [0.4, 0.5) is 4.79 Å². The van der Waals surface area contributed by atoms with Gasteiger partial charge in [-0.05, 0) is 36.1 Å². The summed E-state index contributed by atoms with van der Waals surface area (Å²) in [6.07, 6.45) is 2.42. The van der Waals surface area contributed by atoms with Crippen LogP contribution in [0.3, 0.4) is 0 Å². The SMILES string of the molecule is CSCC[C@@H](CO)NC(=O)C[C@@H]1NC(=O)N(Cc2cccc(Cl)c2)C1=O. The molecule has 9 heteroatoms. The maximum absolute atomic E-state index is 12.4. The molecular weight excluding hydrogens is 378 g/mol. The van der Waals surface area contributed by atoms with Crippen molar-refractivity contribution in [3.63, 3.8) is 0 Å². The third-order valence-electron chi connectivity index (χ3n) is 3.98.